The third-order valence-corrected chi connectivity index (χ3v) is 3.93. The Bertz CT molecular complexity index is 757. The lowest BCUT2D eigenvalue weighted by atomic mass is 10.0. The molecule has 1 aromatic rings. The fourth-order valence-corrected chi connectivity index (χ4v) is 2.74. The number of nitrogens with zero attached hydrogens (tertiary/aromatic N) is 1. The maximum atomic E-state index is 12.5. The molecule has 128 valence electrons. The van der Waals surface area contributed by atoms with Gasteiger partial charge in [-0.05, 0) is 31.0 Å². The number of fused-ring (bicyclic) bond motifs is 1. The Labute approximate surface area is 142 Å². The van der Waals surface area contributed by atoms with Gasteiger partial charge < -0.3 is 0 Å². The number of nitrogens with one attached hydrogen (secondary N) is 1. The molecule has 2 aliphatic heterocycles. The molecular formula is C18H22N2O4. The predicted octanol–water partition coefficient (Wildman–Crippen LogP) is 2.39. The minimum atomic E-state index is -0.932. The van der Waals surface area contributed by atoms with E-state index in [2.05, 4.69) is 11.9 Å². The summed E-state index contributed by atoms with van der Waals surface area (Å²) in [6.07, 6.45) is 0.268. The van der Waals surface area contributed by atoms with Crippen LogP contribution in [-0.2, 0) is 9.59 Å². The lowest BCUT2D eigenvalue weighted by Crippen LogP contribution is -2.54. The summed E-state index contributed by atoms with van der Waals surface area (Å²) >= 11 is 0. The van der Waals surface area contributed by atoms with Gasteiger partial charge in [0.25, 0.3) is 11.8 Å². The molecule has 0 radical (unpaired) electrons. The fraction of sp³-hybridized carbons (Fsp3) is 0.333. The van der Waals surface area contributed by atoms with Crippen LogP contribution in [0.1, 0.15) is 61.3 Å². The Morgan fingerprint density at radius 3 is 2.38 bits per heavy atom. The molecule has 1 atom stereocenters. The van der Waals surface area contributed by atoms with Gasteiger partial charge in [-0.3, -0.25) is 29.4 Å². The Morgan fingerprint density at radius 1 is 1.17 bits per heavy atom. The number of carbonyl (C=O) groups excluding carboxylic acids is 4. The quantitative estimate of drug-likeness (QED) is 0.844. The minimum Gasteiger partial charge on any atom is -0.295 e. The Kier molecular flexibility index (Phi) is 4.97. The van der Waals surface area contributed by atoms with E-state index in [1.165, 1.54) is 0 Å². The lowest BCUT2D eigenvalue weighted by molar-refractivity contribution is -0.136. The van der Waals surface area contributed by atoms with E-state index in [4.69, 9.17) is 0 Å². The van der Waals surface area contributed by atoms with Crippen LogP contribution in [0.4, 0.5) is 0 Å². The molecule has 24 heavy (non-hydrogen) atoms. The maximum absolute atomic E-state index is 12.5. The van der Waals surface area contributed by atoms with Crippen LogP contribution in [0.5, 0.6) is 0 Å². The zero-order valence-corrected chi connectivity index (χ0v) is 14.0. The van der Waals surface area contributed by atoms with E-state index in [1.807, 2.05) is 13.8 Å². The van der Waals surface area contributed by atoms with Gasteiger partial charge in [0.1, 0.15) is 6.04 Å². The molecule has 1 aromatic carbocycles. The fourth-order valence-electron chi connectivity index (χ4n) is 2.74. The molecule has 6 nitrogen and oxygen atoms in total. The van der Waals surface area contributed by atoms with Crippen molar-refractivity contribution in [2.24, 2.45) is 0 Å². The van der Waals surface area contributed by atoms with Crippen molar-refractivity contribution >= 4 is 29.2 Å². The molecule has 3 rings (SSSR count). The Balaban J connectivity index is 0.00000101. The summed E-state index contributed by atoms with van der Waals surface area (Å²) in [5.74, 6) is -1.99. The van der Waals surface area contributed by atoms with Crippen molar-refractivity contribution in [3.63, 3.8) is 0 Å². The van der Waals surface area contributed by atoms with Gasteiger partial charge in [0.15, 0.2) is 0 Å². The van der Waals surface area contributed by atoms with Crippen molar-refractivity contribution in [2.75, 3.05) is 0 Å². The van der Waals surface area contributed by atoms with Gasteiger partial charge in [-0.15, -0.1) is 0 Å². The topological polar surface area (TPSA) is 83.6 Å². The van der Waals surface area contributed by atoms with Crippen LogP contribution in [0.3, 0.4) is 0 Å². The second-order valence-corrected chi connectivity index (χ2v) is 5.49. The van der Waals surface area contributed by atoms with Gasteiger partial charge in [0, 0.05) is 7.85 Å². The van der Waals surface area contributed by atoms with E-state index in [1.54, 1.807) is 25.1 Å². The standard InChI is InChI=1S/C16H14N2O4.C2H6.H2/c1-8(2)9-3-4-10-11(7-9)16(22)18(15(10)21)12-5-6-13(19)17-14(12)20;1-2;/h3-4,7,12H,1,5-6H2,2H3,(H,17,19,20);1-2H3;1H. The molecule has 0 spiro atoms. The lowest BCUT2D eigenvalue weighted by Gasteiger charge is -2.27. The molecule has 1 unspecified atom stereocenters. The van der Waals surface area contributed by atoms with Crippen LogP contribution in [0.15, 0.2) is 24.8 Å². The minimum absolute atomic E-state index is 0. The van der Waals surface area contributed by atoms with Crippen LogP contribution in [0.25, 0.3) is 5.57 Å². The monoisotopic (exact) mass is 330 g/mol. The number of benzene rings is 1. The number of amides is 4. The summed E-state index contributed by atoms with van der Waals surface area (Å²) in [5.41, 5.74) is 2.10. The number of carbonyl (C=O) groups is 4. The predicted molar refractivity (Wildman–Crippen MR) is 91.3 cm³/mol. The van der Waals surface area contributed by atoms with E-state index in [0.717, 1.165) is 16.0 Å². The highest BCUT2D eigenvalue weighted by Crippen LogP contribution is 2.29. The molecule has 6 heteroatoms. The van der Waals surface area contributed by atoms with Crippen LogP contribution >= 0.6 is 0 Å². The average Bonchev–Trinajstić information content (AvgIpc) is 2.81. The molecule has 1 saturated heterocycles. The second kappa shape index (κ2) is 6.78. The Hall–Kier alpha value is -2.76. The number of hydrogen-bond acceptors (Lipinski definition) is 4. The number of rotatable bonds is 2. The summed E-state index contributed by atoms with van der Waals surface area (Å²) in [6, 6.07) is 3.98. The van der Waals surface area contributed by atoms with Crippen molar-refractivity contribution in [3.05, 3.63) is 41.5 Å². The van der Waals surface area contributed by atoms with E-state index in [9.17, 15) is 19.2 Å². The van der Waals surface area contributed by atoms with Gasteiger partial charge in [-0.2, -0.15) is 0 Å². The molecule has 2 aliphatic rings. The SMILES string of the molecule is C=C(C)c1ccc2c(c1)C(=O)N(C1CCC(=O)NC1=O)C2=O.CC.[HH]. The highest BCUT2D eigenvalue weighted by molar-refractivity contribution is 6.23. The average molecular weight is 330 g/mol. The molecule has 4 amide bonds. The molecule has 0 bridgehead atoms. The number of imide groups is 2. The molecule has 0 aliphatic carbocycles. The van der Waals surface area contributed by atoms with Gasteiger partial charge in [-0.25, -0.2) is 0 Å². The van der Waals surface area contributed by atoms with E-state index >= 15 is 0 Å². The van der Waals surface area contributed by atoms with E-state index in [0.29, 0.717) is 0 Å². The van der Waals surface area contributed by atoms with Crippen molar-refractivity contribution in [3.8, 4) is 0 Å². The molecule has 2 heterocycles. The maximum Gasteiger partial charge on any atom is 0.262 e. The van der Waals surface area contributed by atoms with Crippen LogP contribution < -0.4 is 5.32 Å². The largest absolute Gasteiger partial charge is 0.295 e. The van der Waals surface area contributed by atoms with E-state index < -0.39 is 23.8 Å². The normalized spacial score (nSPS) is 19.5. The van der Waals surface area contributed by atoms with Crippen molar-refractivity contribution in [2.45, 2.75) is 39.7 Å². The van der Waals surface area contributed by atoms with Crippen molar-refractivity contribution in [1.82, 2.24) is 10.2 Å². The van der Waals surface area contributed by atoms with Crippen LogP contribution in [-0.4, -0.2) is 34.6 Å². The van der Waals surface area contributed by atoms with E-state index in [-0.39, 0.29) is 31.3 Å². The molecule has 1 fully saturated rings. The van der Waals surface area contributed by atoms with Crippen LogP contribution in [0.2, 0.25) is 0 Å². The summed E-state index contributed by atoms with van der Waals surface area (Å²) in [6.45, 7) is 9.62. The highest BCUT2D eigenvalue weighted by Gasteiger charge is 2.44. The number of allylic oxidation sites excluding steroid dienone is 1. The zero-order valence-electron chi connectivity index (χ0n) is 14.0. The number of piperidine rings is 1. The summed E-state index contributed by atoms with van der Waals surface area (Å²) in [5, 5.41) is 2.17. The second-order valence-electron chi connectivity index (χ2n) is 5.49. The summed E-state index contributed by atoms with van der Waals surface area (Å²) in [4.78, 5) is 49.0. The smallest absolute Gasteiger partial charge is 0.262 e. The molecular weight excluding hydrogens is 308 g/mol. The van der Waals surface area contributed by atoms with Gasteiger partial charge >= 0.3 is 0 Å². The van der Waals surface area contributed by atoms with Gasteiger partial charge in [-0.1, -0.05) is 32.1 Å². The van der Waals surface area contributed by atoms with Crippen molar-refractivity contribution in [1.29, 1.82) is 0 Å². The summed E-state index contributed by atoms with van der Waals surface area (Å²) < 4.78 is 0. The Morgan fingerprint density at radius 2 is 1.79 bits per heavy atom. The van der Waals surface area contributed by atoms with Crippen molar-refractivity contribution < 1.29 is 20.6 Å². The van der Waals surface area contributed by atoms with Gasteiger partial charge in [0.05, 0.1) is 11.1 Å². The first kappa shape index (κ1) is 17.6. The molecule has 0 aromatic heterocycles. The van der Waals surface area contributed by atoms with Gasteiger partial charge in [0.2, 0.25) is 11.8 Å². The first-order chi connectivity index (χ1) is 11.4. The third-order valence-electron chi connectivity index (χ3n) is 3.93. The number of hydrogen-bond donors (Lipinski definition) is 1. The molecule has 1 N–H and O–H groups in total. The molecule has 0 saturated carbocycles. The highest BCUT2D eigenvalue weighted by atomic mass is 16.2. The first-order valence-electron chi connectivity index (χ1n) is 7.91. The third kappa shape index (κ3) is 2.87. The first-order valence-corrected chi connectivity index (χ1v) is 7.91. The van der Waals surface area contributed by atoms with Crippen LogP contribution in [0, 0.1) is 0 Å². The summed E-state index contributed by atoms with van der Waals surface area (Å²) in [7, 11) is 0. The zero-order chi connectivity index (χ0) is 18.0.